The molecule has 5 rings (SSSR count). The Balaban J connectivity index is 1.34. The lowest BCUT2D eigenvalue weighted by atomic mass is 10.1. The van der Waals surface area contributed by atoms with E-state index >= 15 is 0 Å². The first-order valence-corrected chi connectivity index (χ1v) is 9.36. The molecule has 148 valence electrons. The molecule has 1 aromatic heterocycles. The van der Waals surface area contributed by atoms with Gasteiger partial charge in [0.15, 0.2) is 11.5 Å². The van der Waals surface area contributed by atoms with Crippen LogP contribution in [0.3, 0.4) is 0 Å². The molecular formula is C20H20N6O3. The third-order valence-electron chi connectivity index (χ3n) is 5.27. The summed E-state index contributed by atoms with van der Waals surface area (Å²) in [7, 11) is 0. The van der Waals surface area contributed by atoms with Gasteiger partial charge >= 0.3 is 0 Å². The van der Waals surface area contributed by atoms with E-state index in [-0.39, 0.29) is 18.6 Å². The molecule has 1 fully saturated rings. The molecule has 0 aliphatic carbocycles. The SMILES string of the molecule is Nc1nc(N)c2c(N3CCN(C(=O)c4ccc5c(c4)OCO5)CC3)cccc2n1. The Bertz CT molecular complexity index is 1110. The number of nitrogen functional groups attached to an aromatic ring is 2. The fourth-order valence-corrected chi connectivity index (χ4v) is 3.84. The van der Waals surface area contributed by atoms with Crippen molar-refractivity contribution in [2.24, 2.45) is 0 Å². The number of rotatable bonds is 2. The average Bonchev–Trinajstić information content (AvgIpc) is 3.20. The molecule has 0 unspecified atom stereocenters. The highest BCUT2D eigenvalue weighted by atomic mass is 16.7. The van der Waals surface area contributed by atoms with Crippen LogP contribution in [0, 0.1) is 0 Å². The molecule has 0 radical (unpaired) electrons. The third kappa shape index (κ3) is 3.00. The van der Waals surface area contributed by atoms with Crippen LogP contribution in [0.2, 0.25) is 0 Å². The van der Waals surface area contributed by atoms with Crippen molar-refractivity contribution in [3.63, 3.8) is 0 Å². The van der Waals surface area contributed by atoms with E-state index in [0.29, 0.717) is 54.6 Å². The lowest BCUT2D eigenvalue weighted by molar-refractivity contribution is 0.0746. The summed E-state index contributed by atoms with van der Waals surface area (Å²) in [4.78, 5) is 25.3. The Labute approximate surface area is 166 Å². The second kappa shape index (κ2) is 6.69. The van der Waals surface area contributed by atoms with E-state index in [2.05, 4.69) is 14.9 Å². The number of carbonyl (C=O) groups is 1. The van der Waals surface area contributed by atoms with E-state index in [0.717, 1.165) is 11.1 Å². The Hall–Kier alpha value is -3.75. The van der Waals surface area contributed by atoms with Crippen LogP contribution in [-0.4, -0.2) is 53.7 Å². The van der Waals surface area contributed by atoms with Gasteiger partial charge in [-0.05, 0) is 30.3 Å². The monoisotopic (exact) mass is 392 g/mol. The highest BCUT2D eigenvalue weighted by Crippen LogP contribution is 2.33. The Morgan fingerprint density at radius 2 is 1.76 bits per heavy atom. The Morgan fingerprint density at radius 3 is 2.59 bits per heavy atom. The molecule has 0 bridgehead atoms. The van der Waals surface area contributed by atoms with Crippen LogP contribution >= 0.6 is 0 Å². The average molecular weight is 392 g/mol. The fraction of sp³-hybridized carbons (Fsp3) is 0.250. The number of aromatic nitrogens is 2. The minimum Gasteiger partial charge on any atom is -0.454 e. The van der Waals surface area contributed by atoms with E-state index in [1.165, 1.54) is 0 Å². The summed E-state index contributed by atoms with van der Waals surface area (Å²) in [6, 6.07) is 11.1. The maximum absolute atomic E-state index is 12.9. The summed E-state index contributed by atoms with van der Waals surface area (Å²) < 4.78 is 10.7. The summed E-state index contributed by atoms with van der Waals surface area (Å²) in [5, 5.41) is 0.789. The molecule has 0 spiro atoms. The summed E-state index contributed by atoms with van der Waals surface area (Å²) in [5.74, 6) is 1.78. The maximum atomic E-state index is 12.9. The smallest absolute Gasteiger partial charge is 0.254 e. The molecule has 9 nitrogen and oxygen atoms in total. The number of hydrogen-bond acceptors (Lipinski definition) is 8. The van der Waals surface area contributed by atoms with E-state index < -0.39 is 0 Å². The van der Waals surface area contributed by atoms with Gasteiger partial charge in [0.05, 0.1) is 16.6 Å². The number of amides is 1. The number of nitrogens with two attached hydrogens (primary N) is 2. The van der Waals surface area contributed by atoms with Crippen molar-refractivity contribution in [1.82, 2.24) is 14.9 Å². The van der Waals surface area contributed by atoms with Crippen molar-refractivity contribution in [2.45, 2.75) is 0 Å². The van der Waals surface area contributed by atoms with Crippen molar-refractivity contribution < 1.29 is 14.3 Å². The number of piperazine rings is 1. The lowest BCUT2D eigenvalue weighted by Gasteiger charge is -2.36. The molecule has 29 heavy (non-hydrogen) atoms. The van der Waals surface area contributed by atoms with Crippen molar-refractivity contribution in [3.8, 4) is 11.5 Å². The molecule has 1 saturated heterocycles. The van der Waals surface area contributed by atoms with Gasteiger partial charge in [-0.1, -0.05) is 6.07 Å². The number of fused-ring (bicyclic) bond motifs is 2. The van der Waals surface area contributed by atoms with Gasteiger partial charge in [-0.15, -0.1) is 0 Å². The number of benzene rings is 2. The standard InChI is InChI=1S/C20H20N6O3/c21-18-17-13(23-20(22)24-18)2-1-3-14(17)25-6-8-26(9-7-25)19(27)12-4-5-15-16(10-12)29-11-28-15/h1-5,10H,6-9,11H2,(H4,21,22,23,24). The van der Waals surface area contributed by atoms with E-state index in [4.69, 9.17) is 20.9 Å². The highest BCUT2D eigenvalue weighted by Gasteiger charge is 2.25. The molecule has 0 saturated carbocycles. The molecule has 1 amide bonds. The predicted octanol–water partition coefficient (Wildman–Crippen LogP) is 1.49. The topological polar surface area (TPSA) is 120 Å². The minimum absolute atomic E-state index is 0.0171. The molecule has 2 aliphatic rings. The van der Waals surface area contributed by atoms with Gasteiger partial charge < -0.3 is 30.7 Å². The normalized spacial score (nSPS) is 15.7. The molecule has 9 heteroatoms. The first-order valence-electron chi connectivity index (χ1n) is 9.36. The zero-order chi connectivity index (χ0) is 20.0. The quantitative estimate of drug-likeness (QED) is 0.673. The highest BCUT2D eigenvalue weighted by molar-refractivity contribution is 6.00. The van der Waals surface area contributed by atoms with E-state index in [1.54, 1.807) is 18.2 Å². The van der Waals surface area contributed by atoms with Crippen molar-refractivity contribution in [1.29, 1.82) is 0 Å². The van der Waals surface area contributed by atoms with Crippen molar-refractivity contribution >= 4 is 34.3 Å². The van der Waals surface area contributed by atoms with Crippen LogP contribution in [0.1, 0.15) is 10.4 Å². The fourth-order valence-electron chi connectivity index (χ4n) is 3.84. The molecule has 0 atom stereocenters. The van der Waals surface area contributed by atoms with Crippen LogP contribution in [0.15, 0.2) is 36.4 Å². The van der Waals surface area contributed by atoms with E-state index in [1.807, 2.05) is 23.1 Å². The molecule has 3 aromatic rings. The second-order valence-electron chi connectivity index (χ2n) is 6.99. The van der Waals surface area contributed by atoms with Gasteiger partial charge in [0, 0.05) is 31.7 Å². The number of carbonyl (C=O) groups excluding carboxylic acids is 1. The molecule has 3 heterocycles. The first kappa shape index (κ1) is 17.4. The zero-order valence-electron chi connectivity index (χ0n) is 15.7. The van der Waals surface area contributed by atoms with Crippen LogP contribution in [0.25, 0.3) is 10.9 Å². The number of hydrogen-bond donors (Lipinski definition) is 2. The summed E-state index contributed by atoms with van der Waals surface area (Å²) >= 11 is 0. The molecular weight excluding hydrogens is 372 g/mol. The van der Waals surface area contributed by atoms with Gasteiger partial charge in [0.2, 0.25) is 12.7 Å². The second-order valence-corrected chi connectivity index (χ2v) is 6.99. The third-order valence-corrected chi connectivity index (χ3v) is 5.27. The summed E-state index contributed by atoms with van der Waals surface area (Å²) in [5.41, 5.74) is 14.1. The molecule has 2 aliphatic heterocycles. The van der Waals surface area contributed by atoms with Gasteiger partial charge in [0.25, 0.3) is 5.91 Å². The van der Waals surface area contributed by atoms with Crippen LogP contribution in [0.4, 0.5) is 17.5 Å². The first-order chi connectivity index (χ1) is 14.1. The Kier molecular flexibility index (Phi) is 4.01. The van der Waals surface area contributed by atoms with Crippen LogP contribution < -0.4 is 25.8 Å². The minimum atomic E-state index is -0.0171. The van der Waals surface area contributed by atoms with Gasteiger partial charge in [-0.3, -0.25) is 4.79 Å². The van der Waals surface area contributed by atoms with Crippen LogP contribution in [0.5, 0.6) is 11.5 Å². The van der Waals surface area contributed by atoms with Crippen molar-refractivity contribution in [3.05, 3.63) is 42.0 Å². The zero-order valence-corrected chi connectivity index (χ0v) is 15.7. The van der Waals surface area contributed by atoms with Gasteiger partial charge in [0.1, 0.15) is 5.82 Å². The summed E-state index contributed by atoms with van der Waals surface area (Å²) in [6.45, 7) is 2.74. The van der Waals surface area contributed by atoms with E-state index in [9.17, 15) is 4.79 Å². The largest absolute Gasteiger partial charge is 0.454 e. The molecule has 4 N–H and O–H groups in total. The summed E-state index contributed by atoms with van der Waals surface area (Å²) in [6.07, 6.45) is 0. The maximum Gasteiger partial charge on any atom is 0.254 e. The van der Waals surface area contributed by atoms with Gasteiger partial charge in [-0.2, -0.15) is 4.98 Å². The molecule has 2 aromatic carbocycles. The van der Waals surface area contributed by atoms with Gasteiger partial charge in [-0.25, -0.2) is 4.98 Å². The number of anilines is 3. The number of ether oxygens (including phenoxy) is 2. The van der Waals surface area contributed by atoms with Crippen molar-refractivity contribution in [2.75, 3.05) is 49.3 Å². The number of nitrogens with zero attached hydrogens (tertiary/aromatic N) is 4. The predicted molar refractivity (Wildman–Crippen MR) is 109 cm³/mol. The lowest BCUT2D eigenvalue weighted by Crippen LogP contribution is -2.48. The Morgan fingerprint density at radius 1 is 0.966 bits per heavy atom. The van der Waals surface area contributed by atoms with Crippen LogP contribution in [-0.2, 0) is 0 Å².